The molecule has 1 aliphatic carbocycles. The van der Waals surface area contributed by atoms with Gasteiger partial charge in [0.1, 0.15) is 0 Å². The molecule has 66 valence electrons. The van der Waals surface area contributed by atoms with Crippen LogP contribution in [0, 0.1) is 11.8 Å². The van der Waals surface area contributed by atoms with E-state index in [9.17, 15) is 5.11 Å². The smallest absolute Gasteiger partial charge is 0.0626 e. The quantitative estimate of drug-likeness (QED) is 0.574. The number of halogens is 1. The highest BCUT2D eigenvalue weighted by Gasteiger charge is 2.42. The molecule has 2 fully saturated rings. The van der Waals surface area contributed by atoms with E-state index in [0.29, 0.717) is 0 Å². The first-order chi connectivity index (χ1) is 4.67. The van der Waals surface area contributed by atoms with Gasteiger partial charge in [-0.05, 0) is 44.7 Å². The van der Waals surface area contributed by atoms with Crippen LogP contribution in [-0.2, 0) is 0 Å². The van der Waals surface area contributed by atoms with E-state index in [-0.39, 0.29) is 18.0 Å². The van der Waals surface area contributed by atoms with Crippen LogP contribution in [0.5, 0.6) is 0 Å². The molecule has 0 amide bonds. The summed E-state index contributed by atoms with van der Waals surface area (Å²) in [5.41, 5.74) is -0.350. The van der Waals surface area contributed by atoms with Crippen LogP contribution in [0.15, 0.2) is 0 Å². The van der Waals surface area contributed by atoms with Crippen molar-refractivity contribution >= 4 is 12.4 Å². The van der Waals surface area contributed by atoms with Crippen molar-refractivity contribution < 1.29 is 5.11 Å². The van der Waals surface area contributed by atoms with Crippen molar-refractivity contribution in [2.45, 2.75) is 25.4 Å². The lowest BCUT2D eigenvalue weighted by atomic mass is 10.0. The predicted molar refractivity (Wildman–Crippen MR) is 47.0 cm³/mol. The second-order valence-electron chi connectivity index (χ2n) is 4.08. The van der Waals surface area contributed by atoms with Crippen molar-refractivity contribution in [3.8, 4) is 0 Å². The summed E-state index contributed by atoms with van der Waals surface area (Å²) in [5, 5.41) is 13.0. The molecule has 0 spiro atoms. The van der Waals surface area contributed by atoms with Gasteiger partial charge in [0.15, 0.2) is 0 Å². The summed E-state index contributed by atoms with van der Waals surface area (Å²) >= 11 is 0. The summed E-state index contributed by atoms with van der Waals surface area (Å²) in [5.74, 6) is 1.52. The second-order valence-corrected chi connectivity index (χ2v) is 4.08. The van der Waals surface area contributed by atoms with Crippen LogP contribution in [-0.4, -0.2) is 23.8 Å². The Bertz CT molecular complexity index is 135. The fraction of sp³-hybridized carbons (Fsp3) is 1.00. The lowest BCUT2D eigenvalue weighted by Crippen LogP contribution is -2.23. The third-order valence-electron chi connectivity index (χ3n) is 2.88. The van der Waals surface area contributed by atoms with Gasteiger partial charge in [-0.15, -0.1) is 12.4 Å². The van der Waals surface area contributed by atoms with Gasteiger partial charge in [-0.25, -0.2) is 0 Å². The Labute approximate surface area is 73.8 Å². The minimum absolute atomic E-state index is 0. The van der Waals surface area contributed by atoms with Crippen LogP contribution >= 0.6 is 12.4 Å². The number of aliphatic hydroxyl groups is 1. The SMILES string of the molecule is CC1(O)CC2CNCC2C1.Cl. The lowest BCUT2D eigenvalue weighted by molar-refractivity contribution is 0.0594. The molecule has 1 aliphatic heterocycles. The zero-order valence-electron chi connectivity index (χ0n) is 6.84. The van der Waals surface area contributed by atoms with Crippen molar-refractivity contribution in [2.24, 2.45) is 11.8 Å². The molecular formula is C8H16ClNO. The highest BCUT2D eigenvalue weighted by Crippen LogP contribution is 2.40. The van der Waals surface area contributed by atoms with Crippen molar-refractivity contribution in [1.29, 1.82) is 0 Å². The van der Waals surface area contributed by atoms with Crippen molar-refractivity contribution in [2.75, 3.05) is 13.1 Å². The fourth-order valence-corrected chi connectivity index (χ4v) is 2.48. The third kappa shape index (κ3) is 1.68. The van der Waals surface area contributed by atoms with E-state index in [1.165, 1.54) is 0 Å². The first-order valence-corrected chi connectivity index (χ1v) is 4.10. The zero-order chi connectivity index (χ0) is 7.19. The largest absolute Gasteiger partial charge is 0.390 e. The number of hydrogen-bond acceptors (Lipinski definition) is 2. The molecule has 2 aliphatic rings. The molecule has 2 N–H and O–H groups in total. The Morgan fingerprint density at radius 1 is 1.27 bits per heavy atom. The van der Waals surface area contributed by atoms with Crippen LogP contribution in [0.3, 0.4) is 0 Å². The Hall–Kier alpha value is 0.210. The van der Waals surface area contributed by atoms with Crippen molar-refractivity contribution in [1.82, 2.24) is 5.32 Å². The van der Waals surface area contributed by atoms with Gasteiger partial charge in [0.25, 0.3) is 0 Å². The van der Waals surface area contributed by atoms with Crippen molar-refractivity contribution in [3.05, 3.63) is 0 Å². The molecule has 0 radical (unpaired) electrons. The van der Waals surface area contributed by atoms with Gasteiger partial charge >= 0.3 is 0 Å². The van der Waals surface area contributed by atoms with Gasteiger partial charge in [0.2, 0.25) is 0 Å². The van der Waals surface area contributed by atoms with Crippen LogP contribution in [0.25, 0.3) is 0 Å². The standard InChI is InChI=1S/C8H15NO.ClH/c1-8(10)2-6-4-9-5-7(6)3-8;/h6-7,9-10H,2-5H2,1H3;1H. The van der Waals surface area contributed by atoms with E-state index >= 15 is 0 Å². The third-order valence-corrected chi connectivity index (χ3v) is 2.88. The highest BCUT2D eigenvalue weighted by atomic mass is 35.5. The van der Waals surface area contributed by atoms with Crippen LogP contribution < -0.4 is 5.32 Å². The molecule has 2 atom stereocenters. The maximum Gasteiger partial charge on any atom is 0.0626 e. The van der Waals surface area contributed by atoms with E-state index in [0.717, 1.165) is 37.8 Å². The highest BCUT2D eigenvalue weighted by molar-refractivity contribution is 5.85. The summed E-state index contributed by atoms with van der Waals surface area (Å²) in [7, 11) is 0. The molecule has 0 aromatic heterocycles. The monoisotopic (exact) mass is 177 g/mol. The summed E-state index contributed by atoms with van der Waals surface area (Å²) in [6.45, 7) is 4.22. The van der Waals surface area contributed by atoms with E-state index in [1.807, 2.05) is 6.92 Å². The van der Waals surface area contributed by atoms with Gasteiger partial charge in [-0.1, -0.05) is 0 Å². The first kappa shape index (κ1) is 9.30. The molecular weight excluding hydrogens is 162 g/mol. The Balaban J connectivity index is 0.000000605. The molecule has 0 bridgehead atoms. The number of rotatable bonds is 0. The summed E-state index contributed by atoms with van der Waals surface area (Å²) in [6.07, 6.45) is 2.01. The van der Waals surface area contributed by atoms with Gasteiger partial charge in [-0.2, -0.15) is 0 Å². The molecule has 1 heterocycles. The molecule has 2 rings (SSSR count). The van der Waals surface area contributed by atoms with Crippen LogP contribution in [0.1, 0.15) is 19.8 Å². The number of hydrogen-bond donors (Lipinski definition) is 2. The zero-order valence-corrected chi connectivity index (χ0v) is 7.66. The minimum atomic E-state index is -0.350. The predicted octanol–water partition coefficient (Wildman–Crippen LogP) is 0.789. The van der Waals surface area contributed by atoms with E-state index in [4.69, 9.17) is 0 Å². The average molecular weight is 178 g/mol. The Morgan fingerprint density at radius 2 is 1.73 bits per heavy atom. The Kier molecular flexibility index (Phi) is 2.47. The van der Waals surface area contributed by atoms with E-state index in [2.05, 4.69) is 5.32 Å². The first-order valence-electron chi connectivity index (χ1n) is 4.10. The summed E-state index contributed by atoms with van der Waals surface area (Å²) in [6, 6.07) is 0. The average Bonchev–Trinajstić information content (AvgIpc) is 2.20. The molecule has 1 saturated carbocycles. The van der Waals surface area contributed by atoms with Crippen LogP contribution in [0.2, 0.25) is 0 Å². The lowest BCUT2D eigenvalue weighted by Gasteiger charge is -2.16. The molecule has 11 heavy (non-hydrogen) atoms. The van der Waals surface area contributed by atoms with Gasteiger partial charge < -0.3 is 10.4 Å². The maximum atomic E-state index is 9.67. The molecule has 1 saturated heterocycles. The minimum Gasteiger partial charge on any atom is -0.390 e. The normalized spacial score (nSPS) is 48.5. The van der Waals surface area contributed by atoms with Gasteiger partial charge in [-0.3, -0.25) is 0 Å². The molecule has 2 unspecified atom stereocenters. The number of nitrogens with one attached hydrogen (secondary N) is 1. The van der Waals surface area contributed by atoms with Crippen molar-refractivity contribution in [3.63, 3.8) is 0 Å². The Morgan fingerprint density at radius 3 is 2.18 bits per heavy atom. The molecule has 2 nitrogen and oxygen atoms in total. The van der Waals surface area contributed by atoms with Crippen LogP contribution in [0.4, 0.5) is 0 Å². The molecule has 0 aromatic rings. The topological polar surface area (TPSA) is 32.3 Å². The molecule has 0 aromatic carbocycles. The van der Waals surface area contributed by atoms with Gasteiger partial charge in [0, 0.05) is 0 Å². The fourth-order valence-electron chi connectivity index (χ4n) is 2.48. The second kappa shape index (κ2) is 2.92. The van der Waals surface area contributed by atoms with E-state index in [1.54, 1.807) is 0 Å². The van der Waals surface area contributed by atoms with Gasteiger partial charge in [0.05, 0.1) is 5.60 Å². The maximum absolute atomic E-state index is 9.67. The molecule has 3 heteroatoms. The summed E-state index contributed by atoms with van der Waals surface area (Å²) < 4.78 is 0. The van der Waals surface area contributed by atoms with E-state index < -0.39 is 0 Å². The summed E-state index contributed by atoms with van der Waals surface area (Å²) in [4.78, 5) is 0. The number of fused-ring (bicyclic) bond motifs is 1.